The van der Waals surface area contributed by atoms with E-state index in [0.717, 1.165) is 11.1 Å². The Labute approximate surface area is 178 Å². The molecule has 1 amide bonds. The van der Waals surface area contributed by atoms with Crippen molar-refractivity contribution in [2.24, 2.45) is 0 Å². The molecular formula is C23H21F2N3O3. The zero-order valence-electron chi connectivity index (χ0n) is 17.2. The Hall–Kier alpha value is -3.68. The van der Waals surface area contributed by atoms with Gasteiger partial charge in [0.25, 0.3) is 0 Å². The van der Waals surface area contributed by atoms with Gasteiger partial charge in [-0.25, -0.2) is 4.98 Å². The predicted octanol–water partition coefficient (Wildman–Crippen LogP) is 4.88. The van der Waals surface area contributed by atoms with Crippen LogP contribution in [-0.2, 0) is 10.2 Å². The summed E-state index contributed by atoms with van der Waals surface area (Å²) >= 11 is 0. The summed E-state index contributed by atoms with van der Waals surface area (Å²) in [7, 11) is 0. The number of nitrogens with zero attached hydrogens (tertiary/aromatic N) is 1. The second kappa shape index (κ2) is 7.23. The molecule has 31 heavy (non-hydrogen) atoms. The molecule has 0 aliphatic carbocycles. The van der Waals surface area contributed by atoms with Gasteiger partial charge in [0, 0.05) is 11.3 Å². The van der Waals surface area contributed by atoms with Crippen LogP contribution in [0.25, 0.3) is 11.3 Å². The second-order valence-electron chi connectivity index (χ2n) is 7.90. The van der Waals surface area contributed by atoms with Crippen molar-refractivity contribution < 1.29 is 23.0 Å². The highest BCUT2D eigenvalue weighted by Gasteiger charge is 2.44. The Bertz CT molecular complexity index is 1180. The smallest absolute Gasteiger partial charge is 0.399 e. The van der Waals surface area contributed by atoms with Crippen LogP contribution in [0, 0.1) is 6.92 Å². The summed E-state index contributed by atoms with van der Waals surface area (Å²) < 4.78 is 35.5. The van der Waals surface area contributed by atoms with Gasteiger partial charge in [0.2, 0.25) is 5.91 Å². The molecular weight excluding hydrogens is 404 g/mol. The van der Waals surface area contributed by atoms with Crippen LogP contribution in [0.15, 0.2) is 54.6 Å². The number of ether oxygens (including phenoxy) is 2. The molecule has 6 nitrogen and oxygen atoms in total. The Morgan fingerprint density at radius 1 is 1.06 bits per heavy atom. The van der Waals surface area contributed by atoms with Crippen molar-refractivity contribution in [3.63, 3.8) is 0 Å². The lowest BCUT2D eigenvalue weighted by molar-refractivity contribution is -0.286. The number of aryl methyl sites for hydroxylation is 1. The third-order valence-electron chi connectivity index (χ3n) is 5.19. The van der Waals surface area contributed by atoms with Gasteiger partial charge in [-0.2, -0.15) is 0 Å². The van der Waals surface area contributed by atoms with Crippen molar-refractivity contribution >= 4 is 17.4 Å². The van der Waals surface area contributed by atoms with Gasteiger partial charge < -0.3 is 20.5 Å². The van der Waals surface area contributed by atoms with Crippen LogP contribution >= 0.6 is 0 Å². The van der Waals surface area contributed by atoms with Gasteiger partial charge in [-0.05, 0) is 62.2 Å². The molecule has 0 bridgehead atoms. The normalized spacial score (nSPS) is 14.4. The molecule has 1 aromatic heterocycles. The summed E-state index contributed by atoms with van der Waals surface area (Å²) in [6.45, 7) is 5.29. The fourth-order valence-electron chi connectivity index (χ4n) is 3.32. The number of hydrogen-bond acceptors (Lipinski definition) is 5. The molecule has 1 aliphatic heterocycles. The van der Waals surface area contributed by atoms with E-state index < -0.39 is 11.7 Å². The Balaban J connectivity index is 1.59. The first-order valence-electron chi connectivity index (χ1n) is 9.60. The Kier molecular flexibility index (Phi) is 4.80. The summed E-state index contributed by atoms with van der Waals surface area (Å²) in [6.07, 6.45) is -3.71. The molecule has 0 saturated carbocycles. The number of aromatic nitrogens is 1. The van der Waals surface area contributed by atoms with Crippen molar-refractivity contribution in [1.29, 1.82) is 0 Å². The average Bonchev–Trinajstić information content (AvgIpc) is 3.02. The molecule has 0 radical (unpaired) electrons. The van der Waals surface area contributed by atoms with Crippen molar-refractivity contribution in [3.8, 4) is 22.8 Å². The number of halogens is 2. The van der Waals surface area contributed by atoms with Crippen molar-refractivity contribution in [2.45, 2.75) is 32.5 Å². The van der Waals surface area contributed by atoms with E-state index in [1.165, 1.54) is 12.1 Å². The lowest BCUT2D eigenvalue weighted by Crippen LogP contribution is -2.35. The van der Waals surface area contributed by atoms with Crippen LogP contribution in [0.2, 0.25) is 0 Å². The highest BCUT2D eigenvalue weighted by molar-refractivity contribution is 5.98. The molecule has 0 saturated heterocycles. The largest absolute Gasteiger partial charge is 0.586 e. The molecule has 0 spiro atoms. The number of rotatable bonds is 4. The highest BCUT2D eigenvalue weighted by atomic mass is 19.3. The summed E-state index contributed by atoms with van der Waals surface area (Å²) in [5, 5.41) is 2.82. The first kappa shape index (κ1) is 20.6. The van der Waals surface area contributed by atoms with E-state index in [-0.39, 0.29) is 17.4 Å². The number of alkyl halides is 2. The topological polar surface area (TPSA) is 86.5 Å². The Morgan fingerprint density at radius 2 is 1.81 bits per heavy atom. The molecule has 0 atom stereocenters. The number of carbonyl (C=O) groups is 1. The number of carbonyl (C=O) groups excluding carboxylic acids is 1. The fraction of sp³-hybridized carbons (Fsp3) is 0.217. The standard InChI is InChI=1S/C23H21F2N3O3/c1-13-7-10-19(27-20(13)14-5-4-6-16(26)11-14)28-21(29)22(2,3)15-8-9-17-18(12-15)31-23(24,25)30-17/h4-12H,26H2,1-3H3,(H,27,28,29). The number of hydrogen-bond donors (Lipinski definition) is 2. The third kappa shape index (κ3) is 4.01. The maximum Gasteiger partial charge on any atom is 0.586 e. The quantitative estimate of drug-likeness (QED) is 0.582. The summed E-state index contributed by atoms with van der Waals surface area (Å²) in [5.74, 6) is -0.167. The zero-order chi connectivity index (χ0) is 22.4. The number of pyridine rings is 1. The van der Waals surface area contributed by atoms with Crippen LogP contribution in [0.3, 0.4) is 0 Å². The molecule has 1 aliphatic rings. The van der Waals surface area contributed by atoms with Crippen molar-refractivity contribution in [1.82, 2.24) is 4.98 Å². The zero-order valence-corrected chi connectivity index (χ0v) is 17.2. The number of nitrogen functional groups attached to an aromatic ring is 1. The highest BCUT2D eigenvalue weighted by Crippen LogP contribution is 2.43. The minimum absolute atomic E-state index is 0.0723. The number of benzene rings is 2. The molecule has 3 N–H and O–H groups in total. The molecule has 0 fully saturated rings. The van der Waals surface area contributed by atoms with Crippen LogP contribution in [-0.4, -0.2) is 17.2 Å². The van der Waals surface area contributed by atoms with Gasteiger partial charge in [0.15, 0.2) is 11.5 Å². The summed E-state index contributed by atoms with van der Waals surface area (Å²) in [4.78, 5) is 17.6. The van der Waals surface area contributed by atoms with E-state index in [1.807, 2.05) is 31.2 Å². The van der Waals surface area contributed by atoms with Gasteiger partial charge in [0.1, 0.15) is 5.82 Å². The van der Waals surface area contributed by atoms with Gasteiger partial charge in [-0.15, -0.1) is 8.78 Å². The number of nitrogens with two attached hydrogens (primary N) is 1. The van der Waals surface area contributed by atoms with Crippen LogP contribution in [0.1, 0.15) is 25.0 Å². The minimum Gasteiger partial charge on any atom is -0.399 e. The third-order valence-corrected chi connectivity index (χ3v) is 5.19. The maximum atomic E-state index is 13.3. The maximum absolute atomic E-state index is 13.3. The van der Waals surface area contributed by atoms with Gasteiger partial charge in [-0.3, -0.25) is 4.79 Å². The van der Waals surface area contributed by atoms with Crippen LogP contribution < -0.4 is 20.5 Å². The summed E-state index contributed by atoms with van der Waals surface area (Å²) in [5.41, 5.74) is 8.40. The first-order chi connectivity index (χ1) is 14.5. The van der Waals surface area contributed by atoms with E-state index in [9.17, 15) is 13.6 Å². The van der Waals surface area contributed by atoms with Crippen molar-refractivity contribution in [3.05, 3.63) is 65.7 Å². The number of amides is 1. The van der Waals surface area contributed by atoms with Gasteiger partial charge in [-0.1, -0.05) is 24.3 Å². The molecule has 160 valence electrons. The minimum atomic E-state index is -3.71. The lowest BCUT2D eigenvalue weighted by atomic mass is 9.83. The molecule has 0 unspecified atom stereocenters. The van der Waals surface area contributed by atoms with E-state index in [4.69, 9.17) is 5.73 Å². The number of anilines is 2. The number of nitrogens with one attached hydrogen (secondary N) is 1. The van der Waals surface area contributed by atoms with E-state index in [0.29, 0.717) is 22.8 Å². The molecule has 3 aromatic rings. The molecule has 2 heterocycles. The molecule has 2 aromatic carbocycles. The fourth-order valence-corrected chi connectivity index (χ4v) is 3.32. The first-order valence-corrected chi connectivity index (χ1v) is 9.60. The number of fused-ring (bicyclic) bond motifs is 1. The van der Waals surface area contributed by atoms with E-state index >= 15 is 0 Å². The van der Waals surface area contributed by atoms with Crippen molar-refractivity contribution in [2.75, 3.05) is 11.1 Å². The summed E-state index contributed by atoms with van der Waals surface area (Å²) in [6, 6.07) is 15.2. The SMILES string of the molecule is Cc1ccc(NC(=O)C(C)(C)c2ccc3c(c2)OC(F)(F)O3)nc1-c1cccc(N)c1. The Morgan fingerprint density at radius 3 is 2.55 bits per heavy atom. The lowest BCUT2D eigenvalue weighted by Gasteiger charge is -2.24. The monoisotopic (exact) mass is 425 g/mol. The van der Waals surface area contributed by atoms with E-state index in [2.05, 4.69) is 19.8 Å². The van der Waals surface area contributed by atoms with E-state index in [1.54, 1.807) is 32.0 Å². The van der Waals surface area contributed by atoms with Crippen LogP contribution in [0.5, 0.6) is 11.5 Å². The predicted molar refractivity (Wildman–Crippen MR) is 113 cm³/mol. The van der Waals surface area contributed by atoms with Crippen LogP contribution in [0.4, 0.5) is 20.3 Å². The van der Waals surface area contributed by atoms with Gasteiger partial charge >= 0.3 is 6.29 Å². The molecule has 4 rings (SSSR count). The van der Waals surface area contributed by atoms with Gasteiger partial charge in [0.05, 0.1) is 11.1 Å². The average molecular weight is 425 g/mol. The second-order valence-corrected chi connectivity index (χ2v) is 7.90. The molecule has 8 heteroatoms.